The smallest absolute Gasteiger partial charge is 0.243 e. The van der Waals surface area contributed by atoms with Gasteiger partial charge in [0.15, 0.2) is 0 Å². The van der Waals surface area contributed by atoms with Crippen LogP contribution in [-0.2, 0) is 14.8 Å². The average molecular weight is 269 g/mol. The predicted molar refractivity (Wildman–Crippen MR) is 69.9 cm³/mol. The number of ether oxygens (including phenoxy) is 1. The molecule has 2 rings (SSSR count). The van der Waals surface area contributed by atoms with Gasteiger partial charge < -0.3 is 4.74 Å². The third-order valence-corrected chi connectivity index (χ3v) is 5.09. The molecule has 1 aromatic carbocycles. The Kier molecular flexibility index (Phi) is 3.75. The van der Waals surface area contributed by atoms with Crippen molar-refractivity contribution in [1.29, 1.82) is 0 Å². The second kappa shape index (κ2) is 4.99. The fraction of sp³-hybridized carbons (Fsp3) is 0.538. The molecule has 0 aliphatic carbocycles. The van der Waals surface area contributed by atoms with Crippen molar-refractivity contribution >= 4 is 10.0 Å². The second-order valence-corrected chi connectivity index (χ2v) is 6.75. The number of morpholine rings is 1. The normalized spacial score (nSPS) is 26.2. The fourth-order valence-electron chi connectivity index (χ4n) is 2.31. The molecule has 0 spiro atoms. The number of aryl methyl sites for hydroxylation is 1. The molecular formula is C13H19NO3S. The first-order valence-corrected chi connectivity index (χ1v) is 7.56. The van der Waals surface area contributed by atoms with Gasteiger partial charge in [0.1, 0.15) is 0 Å². The number of hydrogen-bond acceptors (Lipinski definition) is 3. The van der Waals surface area contributed by atoms with Gasteiger partial charge in [-0.05, 0) is 32.4 Å². The van der Waals surface area contributed by atoms with Gasteiger partial charge in [0.05, 0.1) is 17.1 Å². The minimum atomic E-state index is -3.41. The van der Waals surface area contributed by atoms with Gasteiger partial charge in [0.2, 0.25) is 10.0 Å². The van der Waals surface area contributed by atoms with Crippen LogP contribution in [0.3, 0.4) is 0 Å². The maximum Gasteiger partial charge on any atom is 0.243 e. The molecule has 0 radical (unpaired) electrons. The van der Waals surface area contributed by atoms with Gasteiger partial charge in [-0.2, -0.15) is 4.31 Å². The monoisotopic (exact) mass is 269 g/mol. The van der Waals surface area contributed by atoms with Crippen LogP contribution < -0.4 is 0 Å². The molecule has 0 N–H and O–H groups in total. The van der Waals surface area contributed by atoms with Gasteiger partial charge in [-0.1, -0.05) is 18.2 Å². The molecule has 5 heteroatoms. The standard InChI is InChI=1S/C13H19NO3S/c1-10-6-4-5-7-13(10)18(15,16)14-8-11(2)17-12(3)9-14/h4-7,11-12H,8-9H2,1-3H3/t11-,12+. The number of benzene rings is 1. The molecule has 2 atom stereocenters. The molecule has 1 heterocycles. The summed E-state index contributed by atoms with van der Waals surface area (Å²) in [6.07, 6.45) is -0.125. The van der Waals surface area contributed by atoms with Crippen molar-refractivity contribution in [3.63, 3.8) is 0 Å². The van der Waals surface area contributed by atoms with Gasteiger partial charge in [0.25, 0.3) is 0 Å². The van der Waals surface area contributed by atoms with E-state index < -0.39 is 10.0 Å². The lowest BCUT2D eigenvalue weighted by Gasteiger charge is -2.34. The van der Waals surface area contributed by atoms with Crippen LogP contribution in [0.1, 0.15) is 19.4 Å². The van der Waals surface area contributed by atoms with E-state index in [0.29, 0.717) is 18.0 Å². The summed E-state index contributed by atoms with van der Waals surface area (Å²) >= 11 is 0. The largest absolute Gasteiger partial charge is 0.373 e. The predicted octanol–water partition coefficient (Wildman–Crippen LogP) is 1.79. The Morgan fingerprint density at radius 3 is 2.28 bits per heavy atom. The average Bonchev–Trinajstić information content (AvgIpc) is 2.28. The molecule has 1 aliphatic heterocycles. The van der Waals surface area contributed by atoms with Crippen LogP contribution in [0.15, 0.2) is 29.2 Å². The molecule has 1 saturated heterocycles. The van der Waals surface area contributed by atoms with E-state index in [-0.39, 0.29) is 12.2 Å². The molecule has 0 amide bonds. The fourth-order valence-corrected chi connectivity index (χ4v) is 4.13. The molecule has 100 valence electrons. The zero-order chi connectivity index (χ0) is 13.3. The zero-order valence-electron chi connectivity index (χ0n) is 11.0. The van der Waals surface area contributed by atoms with Crippen molar-refractivity contribution in [2.45, 2.75) is 37.9 Å². The Morgan fingerprint density at radius 2 is 1.72 bits per heavy atom. The maximum absolute atomic E-state index is 12.6. The maximum atomic E-state index is 12.6. The zero-order valence-corrected chi connectivity index (χ0v) is 11.8. The Labute approximate surface area is 109 Å². The van der Waals surface area contributed by atoms with Crippen LogP contribution in [0.2, 0.25) is 0 Å². The van der Waals surface area contributed by atoms with Crippen LogP contribution in [0.25, 0.3) is 0 Å². The van der Waals surface area contributed by atoms with E-state index in [1.807, 2.05) is 32.9 Å². The lowest BCUT2D eigenvalue weighted by Crippen LogP contribution is -2.48. The van der Waals surface area contributed by atoms with Crippen molar-refractivity contribution in [1.82, 2.24) is 4.31 Å². The summed E-state index contributed by atoms with van der Waals surface area (Å²) in [6, 6.07) is 7.09. The minimum Gasteiger partial charge on any atom is -0.373 e. The summed E-state index contributed by atoms with van der Waals surface area (Å²) in [5, 5.41) is 0. The molecule has 0 unspecified atom stereocenters. The third kappa shape index (κ3) is 2.58. The lowest BCUT2D eigenvalue weighted by molar-refractivity contribution is -0.0440. The van der Waals surface area contributed by atoms with Crippen LogP contribution in [-0.4, -0.2) is 38.0 Å². The molecule has 4 nitrogen and oxygen atoms in total. The summed E-state index contributed by atoms with van der Waals surface area (Å²) in [7, 11) is -3.41. The number of sulfonamides is 1. The number of rotatable bonds is 2. The first-order valence-electron chi connectivity index (χ1n) is 6.12. The summed E-state index contributed by atoms with van der Waals surface area (Å²) in [6.45, 7) is 6.45. The van der Waals surface area contributed by atoms with E-state index in [4.69, 9.17) is 4.74 Å². The summed E-state index contributed by atoms with van der Waals surface area (Å²) < 4.78 is 32.2. The Bertz CT molecular complexity index is 517. The van der Waals surface area contributed by atoms with E-state index in [9.17, 15) is 8.42 Å². The Balaban J connectivity index is 2.34. The van der Waals surface area contributed by atoms with Gasteiger partial charge in [-0.25, -0.2) is 8.42 Å². The summed E-state index contributed by atoms with van der Waals surface area (Å²) in [4.78, 5) is 0.395. The van der Waals surface area contributed by atoms with Gasteiger partial charge in [-0.15, -0.1) is 0 Å². The molecule has 18 heavy (non-hydrogen) atoms. The lowest BCUT2D eigenvalue weighted by atomic mass is 10.2. The van der Waals surface area contributed by atoms with Crippen LogP contribution in [0.5, 0.6) is 0 Å². The van der Waals surface area contributed by atoms with E-state index in [2.05, 4.69) is 0 Å². The molecule has 1 aliphatic rings. The van der Waals surface area contributed by atoms with Crippen molar-refractivity contribution in [3.8, 4) is 0 Å². The minimum absolute atomic E-state index is 0.0625. The Hall–Kier alpha value is -0.910. The first kappa shape index (κ1) is 13.5. The van der Waals surface area contributed by atoms with Gasteiger partial charge in [0, 0.05) is 13.1 Å². The number of nitrogens with zero attached hydrogens (tertiary/aromatic N) is 1. The van der Waals surface area contributed by atoms with Crippen molar-refractivity contribution in [2.75, 3.05) is 13.1 Å². The molecular weight excluding hydrogens is 250 g/mol. The molecule has 0 bridgehead atoms. The number of hydrogen-bond donors (Lipinski definition) is 0. The van der Waals surface area contributed by atoms with E-state index in [0.717, 1.165) is 5.56 Å². The van der Waals surface area contributed by atoms with Crippen molar-refractivity contribution < 1.29 is 13.2 Å². The molecule has 0 saturated carbocycles. The van der Waals surface area contributed by atoms with E-state index in [1.54, 1.807) is 12.1 Å². The van der Waals surface area contributed by atoms with Gasteiger partial charge >= 0.3 is 0 Å². The van der Waals surface area contributed by atoms with Crippen molar-refractivity contribution in [2.24, 2.45) is 0 Å². The highest BCUT2D eigenvalue weighted by molar-refractivity contribution is 7.89. The van der Waals surface area contributed by atoms with Crippen LogP contribution >= 0.6 is 0 Å². The van der Waals surface area contributed by atoms with E-state index >= 15 is 0 Å². The first-order chi connectivity index (χ1) is 8.41. The molecule has 0 aromatic heterocycles. The highest BCUT2D eigenvalue weighted by Gasteiger charge is 2.32. The summed E-state index contributed by atoms with van der Waals surface area (Å²) in [5.74, 6) is 0. The van der Waals surface area contributed by atoms with Crippen LogP contribution in [0, 0.1) is 6.92 Å². The van der Waals surface area contributed by atoms with E-state index in [1.165, 1.54) is 4.31 Å². The quantitative estimate of drug-likeness (QED) is 0.822. The Morgan fingerprint density at radius 1 is 1.17 bits per heavy atom. The third-order valence-electron chi connectivity index (χ3n) is 3.10. The van der Waals surface area contributed by atoms with Gasteiger partial charge in [-0.3, -0.25) is 0 Å². The topological polar surface area (TPSA) is 46.6 Å². The molecule has 1 aromatic rings. The summed E-state index contributed by atoms with van der Waals surface area (Å²) in [5.41, 5.74) is 0.782. The highest BCUT2D eigenvalue weighted by atomic mass is 32.2. The SMILES string of the molecule is Cc1ccccc1S(=O)(=O)N1C[C@@H](C)O[C@@H](C)C1. The van der Waals surface area contributed by atoms with Crippen LogP contribution in [0.4, 0.5) is 0 Å². The molecule has 1 fully saturated rings. The van der Waals surface area contributed by atoms with Crippen molar-refractivity contribution in [3.05, 3.63) is 29.8 Å². The highest BCUT2D eigenvalue weighted by Crippen LogP contribution is 2.23. The second-order valence-electron chi connectivity index (χ2n) is 4.84.